The molecule has 0 radical (unpaired) electrons. The van der Waals surface area contributed by atoms with Crippen LogP contribution in [0, 0.1) is 5.92 Å². The Bertz CT molecular complexity index is 483. The van der Waals surface area contributed by atoms with Gasteiger partial charge in [0, 0.05) is 0 Å². The molecule has 2 aliphatic carbocycles. The molecule has 2 aliphatic rings. The average molecular weight is 300 g/mol. The molecule has 0 spiro atoms. The van der Waals surface area contributed by atoms with Gasteiger partial charge in [-0.05, 0) is 56.2 Å². The summed E-state index contributed by atoms with van der Waals surface area (Å²) in [5, 5.41) is 10.6. The van der Waals surface area contributed by atoms with Crippen LogP contribution in [0.1, 0.15) is 44.1 Å². The fourth-order valence-electron chi connectivity index (χ4n) is 2.93. The Kier molecular flexibility index (Phi) is 3.64. The highest BCUT2D eigenvalue weighted by molar-refractivity contribution is 5.31. The molecule has 5 heteroatoms. The summed E-state index contributed by atoms with van der Waals surface area (Å²) in [5.74, 6) is -0.524. The van der Waals surface area contributed by atoms with E-state index in [-0.39, 0.29) is 25.7 Å². The molecule has 2 saturated carbocycles. The summed E-state index contributed by atoms with van der Waals surface area (Å²) in [6.07, 6.45) is -1.42. The Labute approximate surface area is 121 Å². The van der Waals surface area contributed by atoms with Gasteiger partial charge in [0.15, 0.2) is 0 Å². The summed E-state index contributed by atoms with van der Waals surface area (Å²) in [6.45, 7) is 0. The van der Waals surface area contributed by atoms with E-state index >= 15 is 0 Å². The van der Waals surface area contributed by atoms with E-state index < -0.39 is 17.7 Å². The molecule has 0 heterocycles. The number of benzene rings is 1. The van der Waals surface area contributed by atoms with Gasteiger partial charge in [0.1, 0.15) is 5.75 Å². The Morgan fingerprint density at radius 2 is 1.57 bits per heavy atom. The van der Waals surface area contributed by atoms with Crippen LogP contribution < -0.4 is 4.74 Å². The highest BCUT2D eigenvalue weighted by Crippen LogP contribution is 2.45. The second-order valence-corrected chi connectivity index (χ2v) is 6.19. The van der Waals surface area contributed by atoms with Crippen LogP contribution in [0.3, 0.4) is 0 Å². The molecule has 0 aliphatic heterocycles. The normalized spacial score (nSPS) is 30.2. The van der Waals surface area contributed by atoms with Gasteiger partial charge in [-0.1, -0.05) is 12.1 Å². The van der Waals surface area contributed by atoms with Crippen molar-refractivity contribution in [3.8, 4) is 5.75 Å². The van der Waals surface area contributed by atoms with Crippen molar-refractivity contribution in [3.05, 3.63) is 29.8 Å². The van der Waals surface area contributed by atoms with Crippen molar-refractivity contribution in [2.45, 2.75) is 56.4 Å². The van der Waals surface area contributed by atoms with Crippen molar-refractivity contribution in [3.63, 3.8) is 0 Å². The van der Waals surface area contributed by atoms with Crippen molar-refractivity contribution >= 4 is 0 Å². The van der Waals surface area contributed by atoms with E-state index in [1.54, 1.807) is 24.3 Å². The Balaban J connectivity index is 1.65. The van der Waals surface area contributed by atoms with E-state index in [4.69, 9.17) is 4.74 Å². The second kappa shape index (κ2) is 5.20. The van der Waals surface area contributed by atoms with Crippen molar-refractivity contribution in [1.82, 2.24) is 0 Å². The molecule has 0 atom stereocenters. The number of rotatable bonds is 3. The lowest BCUT2D eigenvalue weighted by atomic mass is 9.75. The van der Waals surface area contributed by atoms with Gasteiger partial charge in [0.05, 0.1) is 17.6 Å². The lowest BCUT2D eigenvalue weighted by molar-refractivity contribution is -0.193. The van der Waals surface area contributed by atoms with E-state index in [9.17, 15) is 18.3 Å². The number of ether oxygens (including phenoxy) is 1. The molecular weight excluding hydrogens is 281 g/mol. The summed E-state index contributed by atoms with van der Waals surface area (Å²) in [4.78, 5) is 0. The number of hydrogen-bond donors (Lipinski definition) is 1. The summed E-state index contributed by atoms with van der Waals surface area (Å²) >= 11 is 0. The molecule has 0 saturated heterocycles. The maximum Gasteiger partial charge on any atom is 0.391 e. The van der Waals surface area contributed by atoms with Crippen LogP contribution in [0.25, 0.3) is 0 Å². The van der Waals surface area contributed by atoms with Crippen molar-refractivity contribution in [1.29, 1.82) is 0 Å². The molecular formula is C16H19F3O2. The zero-order valence-electron chi connectivity index (χ0n) is 11.7. The SMILES string of the molecule is OC1(c2ccc(OC3CC3)cc2)CCC(C(F)(F)F)CC1. The molecule has 0 bridgehead atoms. The Morgan fingerprint density at radius 3 is 2.05 bits per heavy atom. The second-order valence-electron chi connectivity index (χ2n) is 6.19. The number of hydrogen-bond acceptors (Lipinski definition) is 2. The molecule has 0 amide bonds. The van der Waals surface area contributed by atoms with Crippen LogP contribution in [-0.2, 0) is 5.60 Å². The lowest BCUT2D eigenvalue weighted by Gasteiger charge is -2.37. The van der Waals surface area contributed by atoms with E-state index in [0.717, 1.165) is 18.6 Å². The quantitative estimate of drug-likeness (QED) is 0.908. The Hall–Kier alpha value is -1.23. The fourth-order valence-corrected chi connectivity index (χ4v) is 2.93. The first kappa shape index (κ1) is 14.7. The topological polar surface area (TPSA) is 29.5 Å². The maximum atomic E-state index is 12.7. The summed E-state index contributed by atoms with van der Waals surface area (Å²) < 4.78 is 43.7. The van der Waals surface area contributed by atoms with Gasteiger partial charge in [-0.25, -0.2) is 0 Å². The zero-order valence-corrected chi connectivity index (χ0v) is 11.7. The maximum absolute atomic E-state index is 12.7. The number of aliphatic hydroxyl groups is 1. The molecule has 1 aromatic carbocycles. The number of alkyl halides is 3. The molecule has 0 aromatic heterocycles. The molecule has 21 heavy (non-hydrogen) atoms. The minimum Gasteiger partial charge on any atom is -0.490 e. The monoisotopic (exact) mass is 300 g/mol. The third-order valence-electron chi connectivity index (χ3n) is 4.49. The van der Waals surface area contributed by atoms with Crippen LogP contribution in [-0.4, -0.2) is 17.4 Å². The minimum atomic E-state index is -4.15. The summed E-state index contributed by atoms with van der Waals surface area (Å²) in [7, 11) is 0. The Morgan fingerprint density at radius 1 is 1.00 bits per heavy atom. The van der Waals surface area contributed by atoms with Crippen LogP contribution in [0.2, 0.25) is 0 Å². The predicted octanol–water partition coefficient (Wildman–Crippen LogP) is 4.17. The first-order valence-corrected chi connectivity index (χ1v) is 7.43. The zero-order chi connectivity index (χ0) is 15.1. The first-order valence-electron chi connectivity index (χ1n) is 7.43. The molecule has 1 N–H and O–H groups in total. The van der Waals surface area contributed by atoms with E-state index in [1.165, 1.54) is 0 Å². The van der Waals surface area contributed by atoms with E-state index in [2.05, 4.69) is 0 Å². The third kappa shape index (κ3) is 3.34. The van der Waals surface area contributed by atoms with Crippen LogP contribution >= 0.6 is 0 Å². The van der Waals surface area contributed by atoms with Gasteiger partial charge in [-0.15, -0.1) is 0 Å². The van der Waals surface area contributed by atoms with Crippen LogP contribution in [0.15, 0.2) is 24.3 Å². The summed E-state index contributed by atoms with van der Waals surface area (Å²) in [6, 6.07) is 7.13. The van der Waals surface area contributed by atoms with Crippen LogP contribution in [0.5, 0.6) is 5.75 Å². The van der Waals surface area contributed by atoms with Gasteiger partial charge < -0.3 is 9.84 Å². The van der Waals surface area contributed by atoms with Crippen LogP contribution in [0.4, 0.5) is 13.2 Å². The molecule has 3 rings (SSSR count). The van der Waals surface area contributed by atoms with Crippen molar-refractivity contribution < 1.29 is 23.0 Å². The average Bonchev–Trinajstić information content (AvgIpc) is 3.23. The van der Waals surface area contributed by atoms with Crippen molar-refractivity contribution in [2.75, 3.05) is 0 Å². The minimum absolute atomic E-state index is 0.0136. The molecule has 0 unspecified atom stereocenters. The summed E-state index contributed by atoms with van der Waals surface area (Å²) in [5.41, 5.74) is -0.453. The van der Waals surface area contributed by atoms with E-state index in [1.807, 2.05) is 0 Å². The highest BCUT2D eigenvalue weighted by atomic mass is 19.4. The first-order chi connectivity index (χ1) is 9.87. The van der Waals surface area contributed by atoms with Gasteiger partial charge in [-0.2, -0.15) is 13.2 Å². The highest BCUT2D eigenvalue weighted by Gasteiger charge is 2.45. The number of halogens is 3. The third-order valence-corrected chi connectivity index (χ3v) is 4.49. The standard InChI is InChI=1S/C16H19F3O2/c17-16(18,19)12-7-9-15(20,10-8-12)11-1-3-13(4-2-11)21-14-5-6-14/h1-4,12,14,20H,5-10H2. The van der Waals surface area contributed by atoms with Gasteiger partial charge in [0.2, 0.25) is 0 Å². The van der Waals surface area contributed by atoms with E-state index in [0.29, 0.717) is 11.7 Å². The smallest absolute Gasteiger partial charge is 0.391 e. The fraction of sp³-hybridized carbons (Fsp3) is 0.625. The molecule has 2 nitrogen and oxygen atoms in total. The molecule has 116 valence electrons. The molecule has 2 fully saturated rings. The largest absolute Gasteiger partial charge is 0.490 e. The van der Waals surface area contributed by atoms with Crippen molar-refractivity contribution in [2.24, 2.45) is 5.92 Å². The van der Waals surface area contributed by atoms with Gasteiger partial charge in [-0.3, -0.25) is 0 Å². The van der Waals surface area contributed by atoms with Gasteiger partial charge in [0.25, 0.3) is 0 Å². The van der Waals surface area contributed by atoms with Gasteiger partial charge >= 0.3 is 6.18 Å². The molecule has 1 aromatic rings. The predicted molar refractivity (Wildman–Crippen MR) is 72.0 cm³/mol. The lowest BCUT2D eigenvalue weighted by Crippen LogP contribution is -2.36.